The first-order valence-corrected chi connectivity index (χ1v) is 6.44. The number of nitrogens with one attached hydrogen (secondary N) is 1. The highest BCUT2D eigenvalue weighted by Gasteiger charge is 2.28. The van der Waals surface area contributed by atoms with Crippen molar-refractivity contribution in [2.45, 2.75) is 58.4 Å². The van der Waals surface area contributed by atoms with Gasteiger partial charge in [0.1, 0.15) is 0 Å². The first-order valence-electron chi connectivity index (χ1n) is 6.44. The van der Waals surface area contributed by atoms with Crippen LogP contribution in [0.4, 0.5) is 0 Å². The van der Waals surface area contributed by atoms with Crippen LogP contribution in [0.15, 0.2) is 0 Å². The van der Waals surface area contributed by atoms with Gasteiger partial charge in [0.15, 0.2) is 0 Å². The van der Waals surface area contributed by atoms with Gasteiger partial charge in [-0.2, -0.15) is 0 Å². The molecule has 1 fully saturated rings. The molecule has 3 N–H and O–H groups in total. The number of hydrogen-bond acceptors (Lipinski definition) is 2. The monoisotopic (exact) mass is 226 g/mol. The minimum absolute atomic E-state index is 0.113. The van der Waals surface area contributed by atoms with Crippen LogP contribution in [-0.4, -0.2) is 18.0 Å². The lowest BCUT2D eigenvalue weighted by Crippen LogP contribution is -2.44. The van der Waals surface area contributed by atoms with Crippen molar-refractivity contribution < 1.29 is 4.79 Å². The van der Waals surface area contributed by atoms with E-state index >= 15 is 0 Å². The Bertz CT molecular complexity index is 231. The third kappa shape index (κ3) is 4.52. The maximum atomic E-state index is 12.0. The predicted octanol–water partition coefficient (Wildman–Crippen LogP) is 2.06. The minimum atomic E-state index is -0.113. The zero-order valence-electron chi connectivity index (χ0n) is 10.9. The summed E-state index contributed by atoms with van der Waals surface area (Å²) in [5, 5.41) is 3.08. The number of rotatable bonds is 3. The summed E-state index contributed by atoms with van der Waals surface area (Å²) in [6, 6.07) is 0. The molecule has 1 saturated carbocycles. The molecule has 3 nitrogen and oxygen atoms in total. The fourth-order valence-electron chi connectivity index (χ4n) is 2.50. The van der Waals surface area contributed by atoms with Crippen molar-refractivity contribution >= 4 is 5.91 Å². The van der Waals surface area contributed by atoms with Gasteiger partial charge in [-0.3, -0.25) is 4.79 Å². The smallest absolute Gasteiger partial charge is 0.223 e. The van der Waals surface area contributed by atoms with E-state index in [1.54, 1.807) is 0 Å². The molecule has 0 spiro atoms. The molecular formula is C13H26N2O. The van der Waals surface area contributed by atoms with Gasteiger partial charge in [-0.15, -0.1) is 0 Å². The van der Waals surface area contributed by atoms with Crippen LogP contribution in [0.2, 0.25) is 0 Å². The second kappa shape index (κ2) is 5.67. The van der Waals surface area contributed by atoms with Gasteiger partial charge in [-0.05, 0) is 52.5 Å². The molecule has 1 rings (SSSR count). The molecule has 1 aliphatic rings. The Kier molecular flexibility index (Phi) is 4.78. The molecule has 0 radical (unpaired) electrons. The van der Waals surface area contributed by atoms with Gasteiger partial charge in [0.05, 0.1) is 0 Å². The third-order valence-corrected chi connectivity index (χ3v) is 3.23. The van der Waals surface area contributed by atoms with E-state index in [0.717, 1.165) is 25.8 Å². The number of nitrogens with two attached hydrogens (primary N) is 1. The van der Waals surface area contributed by atoms with Crippen molar-refractivity contribution in [3.05, 3.63) is 0 Å². The van der Waals surface area contributed by atoms with E-state index in [2.05, 4.69) is 5.32 Å². The molecule has 0 aromatic carbocycles. The lowest BCUT2D eigenvalue weighted by Gasteiger charge is -2.31. The Hall–Kier alpha value is -0.570. The lowest BCUT2D eigenvalue weighted by molar-refractivity contribution is -0.127. The molecule has 0 saturated heterocycles. The summed E-state index contributed by atoms with van der Waals surface area (Å²) in [5.74, 6) is 1.10. The van der Waals surface area contributed by atoms with Gasteiger partial charge in [0, 0.05) is 11.5 Å². The van der Waals surface area contributed by atoms with Crippen LogP contribution in [0.5, 0.6) is 0 Å². The van der Waals surface area contributed by atoms with E-state index in [1.165, 1.54) is 12.8 Å². The van der Waals surface area contributed by atoms with Gasteiger partial charge >= 0.3 is 0 Å². The van der Waals surface area contributed by atoms with E-state index in [-0.39, 0.29) is 17.4 Å². The summed E-state index contributed by atoms with van der Waals surface area (Å²) in [6.07, 6.45) is 5.56. The molecule has 0 aromatic heterocycles. The van der Waals surface area contributed by atoms with Gasteiger partial charge in [-0.1, -0.05) is 12.8 Å². The first-order chi connectivity index (χ1) is 7.42. The molecule has 0 aromatic rings. The zero-order valence-corrected chi connectivity index (χ0v) is 10.9. The molecule has 0 aliphatic heterocycles. The molecule has 94 valence electrons. The van der Waals surface area contributed by atoms with Crippen molar-refractivity contribution in [3.8, 4) is 0 Å². The van der Waals surface area contributed by atoms with Crippen LogP contribution in [0, 0.1) is 11.8 Å². The van der Waals surface area contributed by atoms with Crippen LogP contribution in [0.3, 0.4) is 0 Å². The highest BCUT2D eigenvalue weighted by molar-refractivity contribution is 5.79. The summed E-state index contributed by atoms with van der Waals surface area (Å²) in [7, 11) is 0. The van der Waals surface area contributed by atoms with Gasteiger partial charge in [0.2, 0.25) is 5.91 Å². The molecule has 1 aliphatic carbocycles. The molecule has 1 amide bonds. The minimum Gasteiger partial charge on any atom is -0.351 e. The SMILES string of the molecule is CC(C)(C)NC(=O)C1CCCC(CCN)C1. The summed E-state index contributed by atoms with van der Waals surface area (Å²) in [5.41, 5.74) is 5.47. The van der Waals surface area contributed by atoms with E-state index in [4.69, 9.17) is 5.73 Å². The predicted molar refractivity (Wildman–Crippen MR) is 67.0 cm³/mol. The van der Waals surface area contributed by atoms with Crippen LogP contribution >= 0.6 is 0 Å². The van der Waals surface area contributed by atoms with Crippen molar-refractivity contribution in [1.82, 2.24) is 5.32 Å². The van der Waals surface area contributed by atoms with Crippen molar-refractivity contribution in [1.29, 1.82) is 0 Å². The van der Waals surface area contributed by atoms with Gasteiger partial charge < -0.3 is 11.1 Å². The molecule has 2 unspecified atom stereocenters. The van der Waals surface area contributed by atoms with Crippen LogP contribution in [0.25, 0.3) is 0 Å². The zero-order chi connectivity index (χ0) is 12.2. The topological polar surface area (TPSA) is 55.1 Å². The van der Waals surface area contributed by atoms with E-state index in [9.17, 15) is 4.79 Å². The Balaban J connectivity index is 2.44. The first kappa shape index (κ1) is 13.5. The Morgan fingerprint density at radius 2 is 2.06 bits per heavy atom. The fraction of sp³-hybridized carbons (Fsp3) is 0.923. The van der Waals surface area contributed by atoms with Crippen molar-refractivity contribution in [3.63, 3.8) is 0 Å². The molecule has 0 heterocycles. The van der Waals surface area contributed by atoms with Crippen LogP contribution in [0.1, 0.15) is 52.9 Å². The average Bonchev–Trinajstić information content (AvgIpc) is 2.16. The summed E-state index contributed by atoms with van der Waals surface area (Å²) in [6.45, 7) is 6.85. The maximum absolute atomic E-state index is 12.0. The second-order valence-corrected chi connectivity index (χ2v) is 6.05. The Morgan fingerprint density at radius 3 is 2.62 bits per heavy atom. The fourth-order valence-corrected chi connectivity index (χ4v) is 2.50. The Labute approximate surface area is 99.2 Å². The largest absolute Gasteiger partial charge is 0.351 e. The normalized spacial score (nSPS) is 26.5. The molecule has 3 heteroatoms. The maximum Gasteiger partial charge on any atom is 0.223 e. The summed E-state index contributed by atoms with van der Waals surface area (Å²) < 4.78 is 0. The summed E-state index contributed by atoms with van der Waals surface area (Å²) in [4.78, 5) is 12.0. The van der Waals surface area contributed by atoms with E-state index in [0.29, 0.717) is 5.92 Å². The highest BCUT2D eigenvalue weighted by Crippen LogP contribution is 2.31. The van der Waals surface area contributed by atoms with Gasteiger partial charge in [-0.25, -0.2) is 0 Å². The number of carbonyl (C=O) groups excluding carboxylic acids is 1. The average molecular weight is 226 g/mol. The quantitative estimate of drug-likeness (QED) is 0.774. The van der Waals surface area contributed by atoms with Crippen LogP contribution < -0.4 is 11.1 Å². The number of hydrogen-bond donors (Lipinski definition) is 2. The van der Waals surface area contributed by atoms with E-state index in [1.807, 2.05) is 20.8 Å². The molecule has 0 bridgehead atoms. The van der Waals surface area contributed by atoms with E-state index < -0.39 is 0 Å². The highest BCUT2D eigenvalue weighted by atomic mass is 16.2. The molecular weight excluding hydrogens is 200 g/mol. The van der Waals surface area contributed by atoms with Gasteiger partial charge in [0.25, 0.3) is 0 Å². The lowest BCUT2D eigenvalue weighted by atomic mass is 9.79. The van der Waals surface area contributed by atoms with Crippen molar-refractivity contribution in [2.24, 2.45) is 17.6 Å². The Morgan fingerprint density at radius 1 is 1.38 bits per heavy atom. The number of carbonyl (C=O) groups is 1. The molecule has 2 atom stereocenters. The number of amides is 1. The molecule has 16 heavy (non-hydrogen) atoms. The second-order valence-electron chi connectivity index (χ2n) is 6.05. The third-order valence-electron chi connectivity index (χ3n) is 3.23. The van der Waals surface area contributed by atoms with Crippen LogP contribution in [-0.2, 0) is 4.79 Å². The van der Waals surface area contributed by atoms with Crippen molar-refractivity contribution in [2.75, 3.05) is 6.54 Å². The summed E-state index contributed by atoms with van der Waals surface area (Å²) >= 11 is 0. The standard InChI is InChI=1S/C13H26N2O/c1-13(2,3)15-12(16)11-6-4-5-10(9-11)7-8-14/h10-11H,4-9,14H2,1-3H3,(H,15,16).